The number of ether oxygens (including phenoxy) is 2. The number of methoxy groups -OCH3 is 2. The van der Waals surface area contributed by atoms with Gasteiger partial charge in [-0.1, -0.05) is 30.3 Å². The first-order valence-corrected chi connectivity index (χ1v) is 11.0. The molecule has 9 nitrogen and oxygen atoms in total. The Morgan fingerprint density at radius 1 is 1.05 bits per heavy atom. The number of nitrogens with zero attached hydrogens (tertiary/aromatic N) is 4. The van der Waals surface area contributed by atoms with E-state index in [2.05, 4.69) is 4.98 Å². The number of carbonyl (C=O) groups is 2. The maximum Gasteiger partial charge on any atom is 0.416 e. The van der Waals surface area contributed by atoms with Crippen LogP contribution >= 0.6 is 0 Å². The predicted octanol–water partition coefficient (Wildman–Crippen LogP) is 3.79. The molecular formula is C26H20F3N5O4. The summed E-state index contributed by atoms with van der Waals surface area (Å²) in [4.78, 5) is 31.3. The molecule has 0 spiro atoms. The van der Waals surface area contributed by atoms with Gasteiger partial charge in [-0.2, -0.15) is 18.4 Å². The molecule has 4 rings (SSSR count). The molecule has 2 heterocycles. The summed E-state index contributed by atoms with van der Waals surface area (Å²) in [6, 6.07) is 13.0. The van der Waals surface area contributed by atoms with E-state index in [1.54, 1.807) is 30.3 Å². The van der Waals surface area contributed by atoms with Crippen LogP contribution in [0.1, 0.15) is 17.0 Å². The number of aromatic nitrogens is 2. The Bertz CT molecular complexity index is 1490. The Kier molecular flexibility index (Phi) is 6.94. The number of alkyl halides is 3. The number of imidazole rings is 1. The number of allylic oxidation sites excluding steroid dienone is 1. The standard InChI is InChI=1S/C26H20F3N5O4/c1-37-24(35)21-20(15-6-4-3-5-7-15)17(13-30)23(31)34(22(21)25(36)38-2)19-12-16(26(27,28)29)8-9-18(19)33-11-10-32-14-33/h3-12,14,20H,31H2,1-2H3. The number of rotatable bonds is 5. The zero-order chi connectivity index (χ0) is 27.6. The molecule has 1 atom stereocenters. The number of benzene rings is 2. The highest BCUT2D eigenvalue weighted by atomic mass is 19.4. The molecule has 2 N–H and O–H groups in total. The Labute approximate surface area is 214 Å². The molecule has 1 aliphatic rings. The van der Waals surface area contributed by atoms with Crippen LogP contribution in [0.5, 0.6) is 0 Å². The normalized spacial score (nSPS) is 15.8. The topological polar surface area (TPSA) is 123 Å². The van der Waals surface area contributed by atoms with Gasteiger partial charge in [0.05, 0.1) is 60.6 Å². The number of carbonyl (C=O) groups excluding carboxylic acids is 2. The van der Waals surface area contributed by atoms with Crippen LogP contribution in [0.15, 0.2) is 89.9 Å². The minimum absolute atomic E-state index is 0.125. The first-order chi connectivity index (χ1) is 18.1. The van der Waals surface area contributed by atoms with Gasteiger partial charge < -0.3 is 19.8 Å². The van der Waals surface area contributed by atoms with Crippen LogP contribution in [0.4, 0.5) is 18.9 Å². The second-order valence-electron chi connectivity index (χ2n) is 8.01. The van der Waals surface area contributed by atoms with E-state index < -0.39 is 35.3 Å². The number of hydrogen-bond acceptors (Lipinski definition) is 8. The second kappa shape index (κ2) is 10.1. The van der Waals surface area contributed by atoms with Crippen molar-refractivity contribution in [2.45, 2.75) is 12.1 Å². The van der Waals surface area contributed by atoms with Gasteiger partial charge in [0.2, 0.25) is 0 Å². The van der Waals surface area contributed by atoms with Crippen molar-refractivity contribution in [3.63, 3.8) is 0 Å². The summed E-state index contributed by atoms with van der Waals surface area (Å²) in [7, 11) is 2.12. The molecule has 194 valence electrons. The number of halogens is 3. The highest BCUT2D eigenvalue weighted by molar-refractivity contribution is 6.06. The Hall–Kier alpha value is -5.05. The summed E-state index contributed by atoms with van der Waals surface area (Å²) < 4.78 is 52.7. The number of nitrogens with two attached hydrogens (primary N) is 1. The lowest BCUT2D eigenvalue weighted by Gasteiger charge is -2.37. The average Bonchev–Trinajstić information content (AvgIpc) is 3.46. The van der Waals surface area contributed by atoms with Gasteiger partial charge in [0, 0.05) is 12.4 Å². The summed E-state index contributed by atoms with van der Waals surface area (Å²) in [5.41, 5.74) is 4.67. The van der Waals surface area contributed by atoms with E-state index in [1.807, 2.05) is 6.07 Å². The van der Waals surface area contributed by atoms with Gasteiger partial charge >= 0.3 is 18.1 Å². The van der Waals surface area contributed by atoms with Gasteiger partial charge in [-0.05, 0) is 23.8 Å². The van der Waals surface area contributed by atoms with Gasteiger partial charge in [0.1, 0.15) is 11.5 Å². The van der Waals surface area contributed by atoms with Crippen LogP contribution in [-0.4, -0.2) is 35.7 Å². The minimum atomic E-state index is -4.76. The number of nitriles is 1. The molecule has 1 aliphatic heterocycles. The van der Waals surface area contributed by atoms with Crippen molar-refractivity contribution in [1.29, 1.82) is 5.26 Å². The highest BCUT2D eigenvalue weighted by Crippen LogP contribution is 2.45. The van der Waals surface area contributed by atoms with Crippen LogP contribution in [0.25, 0.3) is 5.69 Å². The maximum absolute atomic E-state index is 13.8. The van der Waals surface area contributed by atoms with Crippen molar-refractivity contribution in [2.24, 2.45) is 5.73 Å². The van der Waals surface area contributed by atoms with Crippen molar-refractivity contribution in [1.82, 2.24) is 9.55 Å². The zero-order valence-corrected chi connectivity index (χ0v) is 20.1. The Morgan fingerprint density at radius 2 is 1.74 bits per heavy atom. The largest absolute Gasteiger partial charge is 0.466 e. The van der Waals surface area contributed by atoms with Crippen molar-refractivity contribution >= 4 is 17.6 Å². The van der Waals surface area contributed by atoms with Crippen LogP contribution in [0, 0.1) is 11.3 Å². The molecule has 0 aliphatic carbocycles. The monoisotopic (exact) mass is 523 g/mol. The molecule has 0 amide bonds. The van der Waals surface area contributed by atoms with E-state index in [0.29, 0.717) is 5.56 Å². The van der Waals surface area contributed by atoms with Gasteiger partial charge in [-0.15, -0.1) is 0 Å². The first kappa shape index (κ1) is 26.0. The van der Waals surface area contributed by atoms with E-state index in [0.717, 1.165) is 37.3 Å². The van der Waals surface area contributed by atoms with Gasteiger partial charge in [0.15, 0.2) is 0 Å². The van der Waals surface area contributed by atoms with Crippen LogP contribution < -0.4 is 10.6 Å². The molecule has 12 heteroatoms. The van der Waals surface area contributed by atoms with Crippen molar-refractivity contribution in [3.8, 4) is 11.8 Å². The van der Waals surface area contributed by atoms with Crippen molar-refractivity contribution in [2.75, 3.05) is 19.1 Å². The summed E-state index contributed by atoms with van der Waals surface area (Å²) in [5.74, 6) is -3.61. The fourth-order valence-electron chi connectivity index (χ4n) is 4.26. The van der Waals surface area contributed by atoms with E-state index >= 15 is 0 Å². The SMILES string of the molecule is COC(=O)C1=C(C(=O)OC)N(c2cc(C(F)(F)F)ccc2-n2ccnc2)C(N)=C(C#N)C1c1ccccc1. The second-order valence-corrected chi connectivity index (χ2v) is 8.01. The highest BCUT2D eigenvalue weighted by Gasteiger charge is 2.44. The molecule has 0 fully saturated rings. The Morgan fingerprint density at radius 3 is 2.29 bits per heavy atom. The van der Waals surface area contributed by atoms with Crippen molar-refractivity contribution in [3.05, 3.63) is 101 Å². The molecule has 2 aromatic carbocycles. The molecule has 0 radical (unpaired) electrons. The summed E-state index contributed by atoms with van der Waals surface area (Å²) in [6.07, 6.45) is -0.561. The third-order valence-corrected chi connectivity index (χ3v) is 5.94. The lowest BCUT2D eigenvalue weighted by molar-refractivity contribution is -0.139. The Balaban J connectivity index is 2.15. The number of esters is 2. The maximum atomic E-state index is 13.8. The lowest BCUT2D eigenvalue weighted by Crippen LogP contribution is -2.41. The van der Waals surface area contributed by atoms with Crippen LogP contribution in [0.2, 0.25) is 0 Å². The molecule has 0 saturated carbocycles. The number of hydrogen-bond donors (Lipinski definition) is 1. The van der Waals surface area contributed by atoms with Gasteiger partial charge in [0.25, 0.3) is 0 Å². The summed E-state index contributed by atoms with van der Waals surface area (Å²) in [6.45, 7) is 0. The van der Waals surface area contributed by atoms with E-state index in [1.165, 1.54) is 23.3 Å². The van der Waals surface area contributed by atoms with Gasteiger partial charge in [-0.3, -0.25) is 4.90 Å². The smallest absolute Gasteiger partial charge is 0.416 e. The lowest BCUT2D eigenvalue weighted by atomic mass is 9.81. The summed E-state index contributed by atoms with van der Waals surface area (Å²) in [5, 5.41) is 10.1. The summed E-state index contributed by atoms with van der Waals surface area (Å²) >= 11 is 0. The van der Waals surface area contributed by atoms with Crippen LogP contribution in [-0.2, 0) is 25.2 Å². The van der Waals surface area contributed by atoms with Crippen LogP contribution in [0.3, 0.4) is 0 Å². The molecule has 1 aromatic heterocycles. The van der Waals surface area contributed by atoms with Crippen molar-refractivity contribution < 1.29 is 32.2 Å². The van der Waals surface area contributed by atoms with E-state index in [9.17, 15) is 28.0 Å². The molecule has 38 heavy (non-hydrogen) atoms. The molecule has 0 bridgehead atoms. The molecule has 1 unspecified atom stereocenters. The van der Waals surface area contributed by atoms with E-state index in [-0.39, 0.29) is 28.3 Å². The quantitative estimate of drug-likeness (QED) is 0.501. The molecular weight excluding hydrogens is 503 g/mol. The fraction of sp³-hybridized carbons (Fsp3) is 0.154. The predicted molar refractivity (Wildman–Crippen MR) is 128 cm³/mol. The zero-order valence-electron chi connectivity index (χ0n) is 20.1. The third-order valence-electron chi connectivity index (χ3n) is 5.94. The third kappa shape index (κ3) is 4.45. The number of anilines is 1. The average molecular weight is 523 g/mol. The fourth-order valence-corrected chi connectivity index (χ4v) is 4.26. The molecule has 0 saturated heterocycles. The van der Waals surface area contributed by atoms with E-state index in [4.69, 9.17) is 15.2 Å². The minimum Gasteiger partial charge on any atom is -0.466 e. The van der Waals surface area contributed by atoms with Gasteiger partial charge in [-0.25, -0.2) is 14.6 Å². The first-order valence-electron chi connectivity index (χ1n) is 11.0. The molecule has 3 aromatic rings.